The fourth-order valence-corrected chi connectivity index (χ4v) is 3.64. The molecule has 0 radical (unpaired) electrons. The zero-order valence-corrected chi connectivity index (χ0v) is 14.2. The van der Waals surface area contributed by atoms with Gasteiger partial charge in [0, 0.05) is 12.5 Å². The molecule has 0 aromatic heterocycles. The van der Waals surface area contributed by atoms with Crippen molar-refractivity contribution in [3.63, 3.8) is 0 Å². The standard InChI is InChI=1S/C19H19NO3S/c1-14(21)20(22)12-18-19-16(10-11-24-18)8-5-9-17(19)23-13-15-6-3-2-4-7-15/h2-11,18,22H,12-13H2,1H3. The molecular weight excluding hydrogens is 322 g/mol. The third-order valence-electron chi connectivity index (χ3n) is 3.85. The molecule has 0 aliphatic carbocycles. The van der Waals surface area contributed by atoms with E-state index < -0.39 is 0 Å². The Morgan fingerprint density at radius 2 is 2.00 bits per heavy atom. The third-order valence-corrected chi connectivity index (χ3v) is 4.86. The molecule has 0 fully saturated rings. The van der Waals surface area contributed by atoms with Crippen LogP contribution in [0.3, 0.4) is 0 Å². The van der Waals surface area contributed by atoms with Gasteiger partial charge in [0.2, 0.25) is 5.91 Å². The van der Waals surface area contributed by atoms with Gasteiger partial charge in [-0.05, 0) is 28.7 Å². The van der Waals surface area contributed by atoms with Crippen LogP contribution in [0.25, 0.3) is 6.08 Å². The van der Waals surface area contributed by atoms with Gasteiger partial charge < -0.3 is 4.74 Å². The molecular formula is C19H19NO3S. The predicted molar refractivity (Wildman–Crippen MR) is 95.8 cm³/mol. The van der Waals surface area contributed by atoms with Crippen LogP contribution in [0.2, 0.25) is 0 Å². The number of amides is 1. The van der Waals surface area contributed by atoms with Crippen molar-refractivity contribution >= 4 is 23.7 Å². The van der Waals surface area contributed by atoms with Crippen molar-refractivity contribution in [1.82, 2.24) is 5.06 Å². The molecule has 1 aliphatic rings. The summed E-state index contributed by atoms with van der Waals surface area (Å²) in [6.45, 7) is 2.05. The van der Waals surface area contributed by atoms with Gasteiger partial charge in [0.15, 0.2) is 0 Å². The molecule has 124 valence electrons. The summed E-state index contributed by atoms with van der Waals surface area (Å²) in [7, 11) is 0. The van der Waals surface area contributed by atoms with E-state index in [0.717, 1.165) is 27.5 Å². The molecule has 1 amide bonds. The average Bonchev–Trinajstić information content (AvgIpc) is 2.60. The van der Waals surface area contributed by atoms with Crippen molar-refractivity contribution in [2.24, 2.45) is 0 Å². The lowest BCUT2D eigenvalue weighted by Crippen LogP contribution is -2.29. The lowest BCUT2D eigenvalue weighted by atomic mass is 10.0. The molecule has 3 rings (SSSR count). The van der Waals surface area contributed by atoms with Gasteiger partial charge >= 0.3 is 0 Å². The maximum Gasteiger partial charge on any atom is 0.242 e. The number of carbonyl (C=O) groups excluding carboxylic acids is 1. The number of fused-ring (bicyclic) bond motifs is 1. The Kier molecular flexibility index (Phi) is 5.23. The van der Waals surface area contributed by atoms with Crippen LogP contribution in [0.15, 0.2) is 53.9 Å². The summed E-state index contributed by atoms with van der Waals surface area (Å²) < 4.78 is 6.03. The summed E-state index contributed by atoms with van der Waals surface area (Å²) >= 11 is 1.57. The number of hydrogen-bond donors (Lipinski definition) is 1. The molecule has 1 aliphatic heterocycles. The monoisotopic (exact) mass is 341 g/mol. The average molecular weight is 341 g/mol. The van der Waals surface area contributed by atoms with Crippen LogP contribution in [-0.2, 0) is 11.4 Å². The van der Waals surface area contributed by atoms with E-state index >= 15 is 0 Å². The van der Waals surface area contributed by atoms with Gasteiger partial charge in [0.05, 0.1) is 11.8 Å². The number of benzene rings is 2. The quantitative estimate of drug-likeness (QED) is 0.652. The van der Waals surface area contributed by atoms with Crippen molar-refractivity contribution in [2.45, 2.75) is 18.8 Å². The molecule has 2 aromatic carbocycles. The molecule has 1 unspecified atom stereocenters. The summed E-state index contributed by atoms with van der Waals surface area (Å²) in [5.41, 5.74) is 3.17. The number of ether oxygens (including phenoxy) is 1. The van der Waals surface area contributed by atoms with E-state index in [0.29, 0.717) is 6.61 Å². The number of hydrogen-bond acceptors (Lipinski definition) is 4. The SMILES string of the molecule is CC(=O)N(O)CC1SC=Cc2cccc(OCc3ccccc3)c21. The first kappa shape index (κ1) is 16.6. The Morgan fingerprint density at radius 3 is 2.75 bits per heavy atom. The van der Waals surface area contributed by atoms with Gasteiger partial charge in [0.25, 0.3) is 0 Å². The Morgan fingerprint density at radius 1 is 1.21 bits per heavy atom. The molecule has 0 saturated carbocycles. The molecule has 2 aromatic rings. The zero-order chi connectivity index (χ0) is 16.9. The molecule has 1 heterocycles. The number of hydroxylamine groups is 2. The summed E-state index contributed by atoms with van der Waals surface area (Å²) in [5.74, 6) is 0.421. The zero-order valence-electron chi connectivity index (χ0n) is 13.4. The van der Waals surface area contributed by atoms with Gasteiger partial charge in [-0.15, -0.1) is 11.8 Å². The highest BCUT2D eigenvalue weighted by molar-refractivity contribution is 8.02. The molecule has 24 heavy (non-hydrogen) atoms. The topological polar surface area (TPSA) is 49.8 Å². The molecule has 0 bridgehead atoms. The second-order valence-electron chi connectivity index (χ2n) is 5.56. The van der Waals surface area contributed by atoms with Gasteiger partial charge in [-0.3, -0.25) is 10.0 Å². The van der Waals surface area contributed by atoms with Crippen LogP contribution in [0.4, 0.5) is 0 Å². The molecule has 1 atom stereocenters. The first-order chi connectivity index (χ1) is 11.6. The maximum atomic E-state index is 11.3. The smallest absolute Gasteiger partial charge is 0.242 e. The highest BCUT2D eigenvalue weighted by atomic mass is 32.2. The van der Waals surface area contributed by atoms with Crippen LogP contribution >= 0.6 is 11.8 Å². The second kappa shape index (κ2) is 7.55. The third kappa shape index (κ3) is 3.80. The van der Waals surface area contributed by atoms with Crippen molar-refractivity contribution in [1.29, 1.82) is 0 Å². The summed E-state index contributed by atoms with van der Waals surface area (Å²) in [5, 5.41) is 12.5. The molecule has 4 nitrogen and oxygen atoms in total. The summed E-state index contributed by atoms with van der Waals surface area (Å²) in [4.78, 5) is 11.3. The number of rotatable bonds is 5. The number of nitrogens with zero attached hydrogens (tertiary/aromatic N) is 1. The fourth-order valence-electron chi connectivity index (χ4n) is 2.61. The maximum absolute atomic E-state index is 11.3. The highest BCUT2D eigenvalue weighted by Crippen LogP contribution is 2.43. The Hall–Kier alpha value is -2.24. The highest BCUT2D eigenvalue weighted by Gasteiger charge is 2.25. The van der Waals surface area contributed by atoms with Crippen LogP contribution in [0.1, 0.15) is 28.9 Å². The molecule has 5 heteroatoms. The minimum atomic E-state index is -0.366. The largest absolute Gasteiger partial charge is 0.489 e. The van der Waals surface area contributed by atoms with Gasteiger partial charge in [-0.2, -0.15) is 0 Å². The van der Waals surface area contributed by atoms with E-state index in [9.17, 15) is 10.0 Å². The summed E-state index contributed by atoms with van der Waals surface area (Å²) in [6.07, 6.45) is 2.03. The molecule has 1 N–H and O–H groups in total. The Balaban J connectivity index is 1.83. The normalized spacial score (nSPS) is 15.7. The minimum absolute atomic E-state index is 0.0640. The minimum Gasteiger partial charge on any atom is -0.489 e. The second-order valence-corrected chi connectivity index (χ2v) is 6.68. The molecule has 0 spiro atoms. The first-order valence-electron chi connectivity index (χ1n) is 7.74. The number of thioether (sulfide) groups is 1. The van der Waals surface area contributed by atoms with E-state index in [1.807, 2.05) is 60.0 Å². The van der Waals surface area contributed by atoms with E-state index in [2.05, 4.69) is 0 Å². The fraction of sp³-hybridized carbons (Fsp3) is 0.211. The van der Waals surface area contributed by atoms with Crippen LogP contribution in [0.5, 0.6) is 5.75 Å². The van der Waals surface area contributed by atoms with Gasteiger partial charge in [-0.25, -0.2) is 5.06 Å². The van der Waals surface area contributed by atoms with E-state index in [1.165, 1.54) is 6.92 Å². The van der Waals surface area contributed by atoms with Crippen LogP contribution in [0, 0.1) is 0 Å². The number of carbonyl (C=O) groups is 1. The van der Waals surface area contributed by atoms with E-state index in [1.54, 1.807) is 11.8 Å². The predicted octanol–water partition coefficient (Wildman–Crippen LogP) is 4.26. The van der Waals surface area contributed by atoms with Gasteiger partial charge in [-0.1, -0.05) is 42.5 Å². The van der Waals surface area contributed by atoms with Crippen LogP contribution in [-0.4, -0.2) is 22.7 Å². The Bertz CT molecular complexity index is 746. The first-order valence-corrected chi connectivity index (χ1v) is 8.68. The van der Waals surface area contributed by atoms with Gasteiger partial charge in [0.1, 0.15) is 12.4 Å². The Labute approximate surface area is 145 Å². The van der Waals surface area contributed by atoms with E-state index in [4.69, 9.17) is 4.74 Å². The summed E-state index contributed by atoms with van der Waals surface area (Å²) in [6, 6.07) is 15.9. The van der Waals surface area contributed by atoms with Crippen molar-refractivity contribution in [2.75, 3.05) is 6.54 Å². The van der Waals surface area contributed by atoms with Crippen molar-refractivity contribution < 1.29 is 14.7 Å². The van der Waals surface area contributed by atoms with E-state index in [-0.39, 0.29) is 17.7 Å². The molecule has 0 saturated heterocycles. The van der Waals surface area contributed by atoms with Crippen LogP contribution < -0.4 is 4.74 Å². The van der Waals surface area contributed by atoms with Crippen molar-refractivity contribution in [3.8, 4) is 5.75 Å². The lowest BCUT2D eigenvalue weighted by molar-refractivity contribution is -0.162. The van der Waals surface area contributed by atoms with Crippen molar-refractivity contribution in [3.05, 3.63) is 70.6 Å². The lowest BCUT2D eigenvalue weighted by Gasteiger charge is -2.26.